The van der Waals surface area contributed by atoms with Crippen LogP contribution >= 0.6 is 22.9 Å². The van der Waals surface area contributed by atoms with E-state index in [1.54, 1.807) is 6.07 Å². The first-order valence-corrected chi connectivity index (χ1v) is 10.6. The number of thiazole rings is 1. The van der Waals surface area contributed by atoms with Crippen molar-refractivity contribution in [2.75, 3.05) is 18.4 Å². The summed E-state index contributed by atoms with van der Waals surface area (Å²) in [5.41, 5.74) is -0.445. The molecule has 10 nitrogen and oxygen atoms in total. The normalized spacial score (nSPS) is 22.3. The van der Waals surface area contributed by atoms with Gasteiger partial charge in [-0.15, -0.1) is 0 Å². The molecule has 0 bridgehead atoms. The lowest BCUT2D eigenvalue weighted by Gasteiger charge is -2.32. The smallest absolute Gasteiger partial charge is 0.328 e. The van der Waals surface area contributed by atoms with E-state index in [0.29, 0.717) is 17.5 Å². The van der Waals surface area contributed by atoms with Crippen LogP contribution in [0.4, 0.5) is 10.2 Å². The molecule has 0 radical (unpaired) electrons. The number of nitriles is 1. The van der Waals surface area contributed by atoms with E-state index in [4.69, 9.17) is 38.1 Å². The highest BCUT2D eigenvalue weighted by atomic mass is 35.5. The highest BCUT2D eigenvalue weighted by Crippen LogP contribution is 2.28. The van der Waals surface area contributed by atoms with Gasteiger partial charge in [0.15, 0.2) is 11.7 Å². The number of fused-ring (bicyclic) bond motifs is 1. The molecule has 13 heteroatoms. The van der Waals surface area contributed by atoms with Crippen molar-refractivity contribution < 1.29 is 35.2 Å². The van der Waals surface area contributed by atoms with Crippen LogP contribution in [0.3, 0.4) is 0 Å². The molecule has 2 aromatic heterocycles. The zero-order chi connectivity index (χ0) is 32.5. The third-order valence-corrected chi connectivity index (χ3v) is 5.07. The van der Waals surface area contributed by atoms with Gasteiger partial charge in [0.25, 0.3) is 0 Å². The number of carbonyl (C=O) groups is 2. The molecule has 3 aromatic rings. The molecule has 0 amide bonds. The monoisotopic (exact) mass is 526 g/mol. The maximum absolute atomic E-state index is 13.9. The summed E-state index contributed by atoms with van der Waals surface area (Å²) in [6.45, 7) is -2.78. The molecular formula is C22H20ClFN6O4S. The Hall–Kier alpha value is -3.66. The molecule has 35 heavy (non-hydrogen) atoms. The lowest BCUT2D eigenvalue weighted by molar-refractivity contribution is -0.134. The van der Waals surface area contributed by atoms with Crippen LogP contribution in [0.25, 0.3) is 10.3 Å². The lowest BCUT2D eigenvalue weighted by atomic mass is 10.0. The van der Waals surface area contributed by atoms with Crippen molar-refractivity contribution in [2.45, 2.75) is 25.3 Å². The SMILES string of the molecule is O=C(O)/C=C\C(=O)O.[2H]c1cc(C([2H])N2CC([2H])([2H])C([2H])(N([2H])c3ncnc4sc(Cl)nc34)C([2H])([2H])C2)cc(C#N)c1F. The fourth-order valence-electron chi connectivity index (χ4n) is 2.55. The number of aromatic nitrogens is 3. The van der Waals surface area contributed by atoms with Crippen molar-refractivity contribution in [3.05, 3.63) is 58.1 Å². The molecule has 4 rings (SSSR count). The summed E-state index contributed by atoms with van der Waals surface area (Å²) in [5.74, 6) is -3.87. The Labute approximate surface area is 219 Å². The maximum Gasteiger partial charge on any atom is 0.328 e. The molecule has 182 valence electrons. The minimum absolute atomic E-state index is 0.00520. The first-order chi connectivity index (χ1) is 19.9. The zero-order valence-electron chi connectivity index (χ0n) is 25.4. The Morgan fingerprint density at radius 3 is 2.77 bits per heavy atom. The topological polar surface area (TPSA) is 152 Å². The largest absolute Gasteiger partial charge is 0.478 e. The molecule has 1 aromatic carbocycles. The van der Waals surface area contributed by atoms with E-state index in [0.717, 1.165) is 34.7 Å². The third-order valence-electron chi connectivity index (χ3n) is 4.00. The van der Waals surface area contributed by atoms with Gasteiger partial charge in [-0.3, -0.25) is 4.90 Å². The summed E-state index contributed by atoms with van der Waals surface area (Å²) < 4.78 is 82.0. The summed E-state index contributed by atoms with van der Waals surface area (Å²) in [5, 5.41) is 25.1. The zero-order valence-corrected chi connectivity index (χ0v) is 19.0. The Kier molecular flexibility index (Phi) is 5.87. The second-order valence-electron chi connectivity index (χ2n) is 6.45. The van der Waals surface area contributed by atoms with Gasteiger partial charge in [0, 0.05) is 44.6 Å². The Bertz CT molecular complexity index is 1610. The van der Waals surface area contributed by atoms with E-state index < -0.39 is 67.7 Å². The molecule has 0 saturated carbocycles. The highest BCUT2D eigenvalue weighted by molar-refractivity contribution is 7.21. The predicted octanol–water partition coefficient (Wildman–Crippen LogP) is 3.54. The molecule has 1 aliphatic rings. The number of anilines is 1. The van der Waals surface area contributed by atoms with E-state index in [1.165, 1.54) is 0 Å². The number of hydrogen-bond acceptors (Lipinski definition) is 9. The number of nitrogens with one attached hydrogen (secondary N) is 1. The van der Waals surface area contributed by atoms with Gasteiger partial charge in [-0.2, -0.15) is 5.26 Å². The number of nitrogens with zero attached hydrogens (tertiary/aromatic N) is 5. The van der Waals surface area contributed by atoms with Crippen LogP contribution in [0.1, 0.15) is 33.5 Å². The maximum atomic E-state index is 13.9. The second-order valence-corrected chi connectivity index (χ2v) is 8.01. The molecule has 1 unspecified atom stereocenters. The van der Waals surface area contributed by atoms with Crippen LogP contribution in [0.5, 0.6) is 0 Å². The molecule has 1 atom stereocenters. The molecule has 1 aliphatic heterocycles. The highest BCUT2D eigenvalue weighted by Gasteiger charge is 2.21. The average Bonchev–Trinajstić information content (AvgIpc) is 3.31. The van der Waals surface area contributed by atoms with Crippen molar-refractivity contribution in [1.82, 2.24) is 19.9 Å². The van der Waals surface area contributed by atoms with E-state index in [-0.39, 0.29) is 26.2 Å². The number of rotatable bonds is 6. The Morgan fingerprint density at radius 1 is 1.46 bits per heavy atom. The Balaban J connectivity index is 0.000000557. The van der Waals surface area contributed by atoms with Crippen LogP contribution in [0.15, 0.2) is 36.7 Å². The van der Waals surface area contributed by atoms with Crippen LogP contribution in [0, 0.1) is 17.1 Å². The lowest BCUT2D eigenvalue weighted by Crippen LogP contribution is -2.38. The van der Waals surface area contributed by atoms with Gasteiger partial charge < -0.3 is 15.5 Å². The molecule has 0 spiro atoms. The predicted molar refractivity (Wildman–Crippen MR) is 128 cm³/mol. The van der Waals surface area contributed by atoms with Gasteiger partial charge in [0.05, 0.1) is 8.30 Å². The summed E-state index contributed by atoms with van der Waals surface area (Å²) >= 11 is 6.91. The number of benzene rings is 1. The third kappa shape index (κ3) is 7.68. The molecule has 3 N–H and O–H groups in total. The van der Waals surface area contributed by atoms with Crippen LogP contribution in [-0.2, 0) is 16.1 Å². The van der Waals surface area contributed by atoms with Crippen molar-refractivity contribution >= 4 is 51.0 Å². The van der Waals surface area contributed by atoms with E-state index in [2.05, 4.69) is 15.0 Å². The van der Waals surface area contributed by atoms with Crippen LogP contribution in [0.2, 0.25) is 5.88 Å². The van der Waals surface area contributed by atoms with Gasteiger partial charge in [0.2, 0.25) is 0 Å². The van der Waals surface area contributed by atoms with E-state index >= 15 is 0 Å². The Morgan fingerprint density at radius 2 is 2.14 bits per heavy atom. The molecule has 1 fully saturated rings. The summed E-state index contributed by atoms with van der Waals surface area (Å²) in [7, 11) is 0. The van der Waals surface area contributed by atoms with Crippen molar-refractivity contribution in [3.63, 3.8) is 0 Å². The number of hydrogen-bond donors (Lipinski definition) is 3. The van der Waals surface area contributed by atoms with Crippen LogP contribution in [-0.4, -0.2) is 61.1 Å². The van der Waals surface area contributed by atoms with Gasteiger partial charge in [-0.25, -0.2) is 28.9 Å². The number of likely N-dealkylation sites (tertiary alicyclic amines) is 1. The average molecular weight is 527 g/mol. The van der Waals surface area contributed by atoms with Gasteiger partial charge in [-0.05, 0) is 30.4 Å². The van der Waals surface area contributed by atoms with Crippen molar-refractivity contribution in [1.29, 1.82) is 5.26 Å². The summed E-state index contributed by atoms with van der Waals surface area (Å²) in [6, 6.07) is 0.204. The molecule has 0 aliphatic carbocycles. The molecule has 3 heterocycles. The van der Waals surface area contributed by atoms with E-state index in [1.807, 2.05) is 0 Å². The molecular weight excluding hydrogens is 499 g/mol. The van der Waals surface area contributed by atoms with Gasteiger partial charge >= 0.3 is 11.9 Å². The fraction of sp³-hybridized carbons (Fsp3) is 0.273. The summed E-state index contributed by atoms with van der Waals surface area (Å²) in [6.07, 6.45) is -3.29. The number of halogens is 2. The van der Waals surface area contributed by atoms with Gasteiger partial charge in [0.1, 0.15) is 28.6 Å². The fourth-order valence-corrected chi connectivity index (χ4v) is 3.49. The second kappa shape index (κ2) is 12.2. The number of carboxylic acid groups (broad SMARTS) is 2. The number of piperidine rings is 1. The number of carboxylic acids is 2. The van der Waals surface area contributed by atoms with Crippen molar-refractivity contribution in [2.24, 2.45) is 0 Å². The first-order valence-electron chi connectivity index (χ1n) is 13.4. The molecule has 1 saturated heterocycles. The minimum Gasteiger partial charge on any atom is -0.478 e. The quantitative estimate of drug-likeness (QED) is 0.406. The minimum atomic E-state index is -2.84. The first kappa shape index (κ1) is 16.9. The van der Waals surface area contributed by atoms with E-state index in [9.17, 15) is 14.0 Å². The van der Waals surface area contributed by atoms with Crippen molar-refractivity contribution in [3.8, 4) is 6.07 Å². The number of aliphatic carboxylic acids is 2. The summed E-state index contributed by atoms with van der Waals surface area (Å²) in [4.78, 5) is 32.4. The van der Waals surface area contributed by atoms with Crippen LogP contribution < -0.4 is 5.31 Å². The van der Waals surface area contributed by atoms with Gasteiger partial charge in [-0.1, -0.05) is 29.0 Å². The standard InChI is InChI=1S/C18H16ClFN6S.C4H4O4/c19-18-25-15-16(22-10-23-17(15)27-18)24-13-3-5-26(6-4-13)9-11-1-2-14(20)12(7-11)8-21;5-3(6)1-2-4(7)8/h1-2,7,10,13H,3-6,9H2,(H,22,23,24);1-2H,(H,5,6)(H,7,8)/b;2-1-/i2D,3D2,4D2,9D,13D;/hD.